The Bertz CT molecular complexity index is 1120. The molecule has 0 spiro atoms. The fourth-order valence-electron chi connectivity index (χ4n) is 3.90. The second-order valence-electron chi connectivity index (χ2n) is 9.47. The molecule has 0 bridgehead atoms. The number of carbonyl (C=O) groups is 2. The summed E-state index contributed by atoms with van der Waals surface area (Å²) in [6.45, 7) is 7.09. The average Bonchev–Trinajstić information content (AvgIpc) is 2.86. The van der Waals surface area contributed by atoms with Gasteiger partial charge in [-0.25, -0.2) is 0 Å². The molecule has 0 saturated carbocycles. The van der Waals surface area contributed by atoms with E-state index < -0.39 is 6.04 Å². The molecule has 0 aliphatic heterocycles. The number of benzene rings is 3. The summed E-state index contributed by atoms with van der Waals surface area (Å²) in [5, 5.41) is 3.70. The highest BCUT2D eigenvalue weighted by Gasteiger charge is 2.30. The number of nitrogens with one attached hydrogen (secondary N) is 1. The van der Waals surface area contributed by atoms with Crippen LogP contribution in [-0.2, 0) is 28.3 Å². The van der Waals surface area contributed by atoms with E-state index in [2.05, 4.69) is 44.3 Å². The van der Waals surface area contributed by atoms with Gasteiger partial charge in [0.1, 0.15) is 6.04 Å². The molecule has 0 aliphatic rings. The summed E-state index contributed by atoms with van der Waals surface area (Å²) in [7, 11) is 0. The van der Waals surface area contributed by atoms with E-state index in [1.54, 1.807) is 16.7 Å². The number of carbonyl (C=O) groups excluding carboxylic acids is 2. The molecule has 3 aromatic carbocycles. The Morgan fingerprint density at radius 3 is 2.28 bits per heavy atom. The molecule has 0 aromatic heterocycles. The van der Waals surface area contributed by atoms with Crippen molar-refractivity contribution in [3.05, 3.63) is 106 Å². The number of halogens is 1. The number of hydrogen-bond acceptors (Lipinski definition) is 3. The number of aryl methyl sites for hydroxylation is 1. The van der Waals surface area contributed by atoms with Crippen molar-refractivity contribution in [1.82, 2.24) is 10.2 Å². The Balaban J connectivity index is 1.83. The lowest BCUT2D eigenvalue weighted by Gasteiger charge is -2.32. The van der Waals surface area contributed by atoms with Gasteiger partial charge in [0.15, 0.2) is 0 Å². The fraction of sp³-hybridized carbons (Fsp3) is 0.333. The number of hydrogen-bond donors (Lipinski definition) is 1. The zero-order valence-corrected chi connectivity index (χ0v) is 22.8. The highest BCUT2D eigenvalue weighted by atomic mass is 35.5. The molecule has 1 N–H and O–H groups in total. The zero-order chi connectivity index (χ0) is 25.9. The van der Waals surface area contributed by atoms with Crippen LogP contribution in [0.4, 0.5) is 0 Å². The highest BCUT2D eigenvalue weighted by molar-refractivity contribution is 7.99. The Labute approximate surface area is 224 Å². The van der Waals surface area contributed by atoms with Gasteiger partial charge in [-0.1, -0.05) is 97.7 Å². The third-order valence-electron chi connectivity index (χ3n) is 5.80. The van der Waals surface area contributed by atoms with Gasteiger partial charge in [-0.15, -0.1) is 11.8 Å². The first-order valence-corrected chi connectivity index (χ1v) is 13.8. The smallest absolute Gasteiger partial charge is 0.243 e. The summed E-state index contributed by atoms with van der Waals surface area (Å²) < 4.78 is 0. The average molecular weight is 523 g/mol. The Kier molecular flexibility index (Phi) is 10.9. The second-order valence-corrected chi connectivity index (χ2v) is 10.9. The third kappa shape index (κ3) is 9.03. The van der Waals surface area contributed by atoms with Crippen molar-refractivity contribution in [1.29, 1.82) is 0 Å². The summed E-state index contributed by atoms with van der Waals surface area (Å²) in [5.41, 5.74) is 4.34. The van der Waals surface area contributed by atoms with Crippen LogP contribution in [0.1, 0.15) is 36.1 Å². The van der Waals surface area contributed by atoms with Gasteiger partial charge in [0.05, 0.1) is 5.75 Å². The number of amides is 2. The van der Waals surface area contributed by atoms with Crippen LogP contribution in [0.25, 0.3) is 0 Å². The monoisotopic (exact) mass is 522 g/mol. The normalized spacial score (nSPS) is 11.8. The maximum absolute atomic E-state index is 13.6. The van der Waals surface area contributed by atoms with Crippen LogP contribution in [-0.4, -0.2) is 35.1 Å². The first-order chi connectivity index (χ1) is 17.3. The minimum Gasteiger partial charge on any atom is -0.354 e. The van der Waals surface area contributed by atoms with Crippen molar-refractivity contribution < 1.29 is 9.59 Å². The van der Waals surface area contributed by atoms with E-state index in [1.807, 2.05) is 60.7 Å². The van der Waals surface area contributed by atoms with Crippen LogP contribution in [0.5, 0.6) is 0 Å². The van der Waals surface area contributed by atoms with Crippen LogP contribution < -0.4 is 5.32 Å². The van der Waals surface area contributed by atoms with E-state index in [0.717, 1.165) is 16.9 Å². The maximum Gasteiger partial charge on any atom is 0.243 e. The summed E-state index contributed by atoms with van der Waals surface area (Å²) in [5.74, 6) is 1.17. The van der Waals surface area contributed by atoms with Gasteiger partial charge < -0.3 is 10.2 Å². The van der Waals surface area contributed by atoms with Gasteiger partial charge in [-0.3, -0.25) is 9.59 Å². The minimum absolute atomic E-state index is 0.0526. The van der Waals surface area contributed by atoms with Gasteiger partial charge in [-0.2, -0.15) is 0 Å². The Morgan fingerprint density at radius 2 is 1.61 bits per heavy atom. The minimum atomic E-state index is -0.617. The fourth-order valence-corrected chi connectivity index (χ4v) is 4.89. The van der Waals surface area contributed by atoms with Crippen LogP contribution in [0.3, 0.4) is 0 Å². The van der Waals surface area contributed by atoms with E-state index in [4.69, 9.17) is 11.6 Å². The molecule has 190 valence electrons. The van der Waals surface area contributed by atoms with Crippen molar-refractivity contribution in [2.75, 3.05) is 12.3 Å². The second kappa shape index (κ2) is 14.1. The van der Waals surface area contributed by atoms with E-state index >= 15 is 0 Å². The van der Waals surface area contributed by atoms with Gasteiger partial charge in [0, 0.05) is 30.3 Å². The lowest BCUT2D eigenvalue weighted by Crippen LogP contribution is -2.51. The molecule has 6 heteroatoms. The summed E-state index contributed by atoms with van der Waals surface area (Å²) >= 11 is 7.67. The van der Waals surface area contributed by atoms with Gasteiger partial charge in [-0.05, 0) is 41.7 Å². The van der Waals surface area contributed by atoms with Crippen molar-refractivity contribution in [3.8, 4) is 0 Å². The quantitative estimate of drug-likeness (QED) is 0.304. The molecule has 2 amide bonds. The van der Waals surface area contributed by atoms with E-state index in [1.165, 1.54) is 11.1 Å². The van der Waals surface area contributed by atoms with Crippen molar-refractivity contribution in [2.24, 2.45) is 5.92 Å². The van der Waals surface area contributed by atoms with Crippen LogP contribution >= 0.6 is 23.4 Å². The molecule has 0 unspecified atom stereocenters. The molecule has 0 fully saturated rings. The van der Waals surface area contributed by atoms with E-state index in [-0.39, 0.29) is 11.8 Å². The largest absolute Gasteiger partial charge is 0.354 e. The molecule has 1 atom stereocenters. The van der Waals surface area contributed by atoms with Crippen molar-refractivity contribution in [3.63, 3.8) is 0 Å². The van der Waals surface area contributed by atoms with E-state index in [9.17, 15) is 9.59 Å². The van der Waals surface area contributed by atoms with Crippen LogP contribution in [0.2, 0.25) is 5.02 Å². The van der Waals surface area contributed by atoms with Crippen molar-refractivity contribution >= 4 is 35.2 Å². The molecule has 36 heavy (non-hydrogen) atoms. The molecule has 3 rings (SSSR count). The molecule has 4 nitrogen and oxygen atoms in total. The SMILES string of the molecule is Cc1cccc(CSCC(=O)N(Cc2ccc(Cl)cc2)[C@@H](Cc2ccccc2)C(=O)NCC(C)C)c1. The lowest BCUT2D eigenvalue weighted by molar-refractivity contribution is -0.139. The molecule has 0 saturated heterocycles. The van der Waals surface area contributed by atoms with Gasteiger partial charge >= 0.3 is 0 Å². The van der Waals surface area contributed by atoms with E-state index in [0.29, 0.717) is 36.2 Å². The molecule has 0 radical (unpaired) electrons. The Hall–Kier alpha value is -2.76. The zero-order valence-electron chi connectivity index (χ0n) is 21.2. The predicted molar refractivity (Wildman–Crippen MR) is 151 cm³/mol. The molecular weight excluding hydrogens is 488 g/mol. The molecule has 0 heterocycles. The summed E-state index contributed by atoms with van der Waals surface area (Å²) in [6.07, 6.45) is 0.451. The summed E-state index contributed by atoms with van der Waals surface area (Å²) in [4.78, 5) is 28.8. The van der Waals surface area contributed by atoms with Crippen LogP contribution in [0.15, 0.2) is 78.9 Å². The van der Waals surface area contributed by atoms with Gasteiger partial charge in [0.2, 0.25) is 11.8 Å². The topological polar surface area (TPSA) is 49.4 Å². The number of rotatable bonds is 12. The highest BCUT2D eigenvalue weighted by Crippen LogP contribution is 2.20. The lowest BCUT2D eigenvalue weighted by atomic mass is 10.0. The molecule has 0 aliphatic carbocycles. The molecule has 3 aromatic rings. The standard InChI is InChI=1S/C30H35ClN2O2S/c1-22(2)18-32-30(35)28(17-24-9-5-4-6-10-24)33(19-25-12-14-27(31)15-13-25)29(34)21-36-20-26-11-7-8-23(3)16-26/h4-16,22,28H,17-21H2,1-3H3,(H,32,35)/t28-/m0/s1. The Morgan fingerprint density at radius 1 is 0.917 bits per heavy atom. The predicted octanol–water partition coefficient (Wildman–Crippen LogP) is 6.29. The first kappa shape index (κ1) is 27.8. The summed E-state index contributed by atoms with van der Waals surface area (Å²) in [6, 6.07) is 25.0. The van der Waals surface area contributed by atoms with Crippen LogP contribution in [0, 0.1) is 12.8 Å². The third-order valence-corrected chi connectivity index (χ3v) is 7.04. The van der Waals surface area contributed by atoms with Crippen molar-refractivity contribution in [2.45, 2.75) is 45.5 Å². The number of nitrogens with zero attached hydrogens (tertiary/aromatic N) is 1. The maximum atomic E-state index is 13.6. The van der Waals surface area contributed by atoms with Gasteiger partial charge in [0.25, 0.3) is 0 Å². The number of thioether (sulfide) groups is 1. The first-order valence-electron chi connectivity index (χ1n) is 12.3. The molecular formula is C30H35ClN2O2S.